The average molecular weight is 369 g/mol. The van der Waals surface area contributed by atoms with Crippen LogP contribution in [0.3, 0.4) is 0 Å². The minimum Gasteiger partial charge on any atom is -0.354 e. The molecular formula is C19H27N7O. The first kappa shape index (κ1) is 19.0. The molecule has 144 valence electrons. The molecule has 1 N–H and O–H groups in total. The summed E-state index contributed by atoms with van der Waals surface area (Å²) in [5.74, 6) is 1.56. The first-order valence-corrected chi connectivity index (χ1v) is 9.15. The number of hydrogen-bond donors (Lipinski definition) is 1. The quantitative estimate of drug-likeness (QED) is 0.880. The summed E-state index contributed by atoms with van der Waals surface area (Å²) in [5, 5.41) is 3.43. The van der Waals surface area contributed by atoms with Crippen molar-refractivity contribution in [2.75, 3.05) is 37.4 Å². The summed E-state index contributed by atoms with van der Waals surface area (Å²) >= 11 is 0. The molecule has 27 heavy (non-hydrogen) atoms. The molecule has 1 amide bonds. The summed E-state index contributed by atoms with van der Waals surface area (Å²) in [5.41, 5.74) is 3.75. The van der Waals surface area contributed by atoms with Crippen LogP contribution >= 0.6 is 0 Å². The Morgan fingerprint density at radius 3 is 2.41 bits per heavy atom. The Hall–Kier alpha value is -2.77. The lowest BCUT2D eigenvalue weighted by molar-refractivity contribution is 0.0815. The number of anilines is 2. The lowest BCUT2D eigenvalue weighted by Gasteiger charge is -2.22. The third-order valence-corrected chi connectivity index (χ3v) is 4.76. The minimum absolute atomic E-state index is 0.183. The van der Waals surface area contributed by atoms with Gasteiger partial charge in [0.05, 0.1) is 0 Å². The predicted octanol–water partition coefficient (Wildman–Crippen LogP) is 1.89. The molecule has 2 aromatic rings. The van der Waals surface area contributed by atoms with Crippen molar-refractivity contribution in [2.24, 2.45) is 0 Å². The standard InChI is InChI=1S/C19H27N7O/c1-11-9-12(2)21-19(20-11)23-15-7-8-26(10-15)17-13(3)14(4)22-16(24-17)18(27)25(5)6/h9,15H,7-8,10H2,1-6H3,(H,20,21,23)/t15-/m1/s1. The summed E-state index contributed by atoms with van der Waals surface area (Å²) in [4.78, 5) is 33.9. The van der Waals surface area contributed by atoms with Crippen LogP contribution in [0, 0.1) is 27.7 Å². The largest absolute Gasteiger partial charge is 0.354 e. The van der Waals surface area contributed by atoms with Gasteiger partial charge in [-0.2, -0.15) is 0 Å². The summed E-state index contributed by atoms with van der Waals surface area (Å²) in [6, 6.07) is 2.19. The van der Waals surface area contributed by atoms with Gasteiger partial charge >= 0.3 is 0 Å². The van der Waals surface area contributed by atoms with Crippen molar-refractivity contribution in [3.05, 3.63) is 34.5 Å². The van der Waals surface area contributed by atoms with Crippen molar-refractivity contribution >= 4 is 17.7 Å². The second-order valence-corrected chi connectivity index (χ2v) is 7.33. The number of nitrogens with zero attached hydrogens (tertiary/aromatic N) is 6. The highest BCUT2D eigenvalue weighted by atomic mass is 16.2. The molecule has 0 bridgehead atoms. The van der Waals surface area contributed by atoms with E-state index in [0.29, 0.717) is 5.95 Å². The molecule has 2 aromatic heterocycles. The molecule has 3 heterocycles. The van der Waals surface area contributed by atoms with E-state index in [-0.39, 0.29) is 17.8 Å². The maximum absolute atomic E-state index is 12.3. The van der Waals surface area contributed by atoms with Crippen molar-refractivity contribution in [3.8, 4) is 0 Å². The van der Waals surface area contributed by atoms with E-state index >= 15 is 0 Å². The second kappa shape index (κ2) is 7.46. The normalized spacial score (nSPS) is 16.5. The van der Waals surface area contributed by atoms with Gasteiger partial charge in [0.25, 0.3) is 5.91 Å². The Balaban J connectivity index is 1.79. The van der Waals surface area contributed by atoms with Crippen LogP contribution in [0.25, 0.3) is 0 Å². The summed E-state index contributed by atoms with van der Waals surface area (Å²) in [6.45, 7) is 9.50. The van der Waals surface area contributed by atoms with Crippen molar-refractivity contribution in [1.82, 2.24) is 24.8 Å². The van der Waals surface area contributed by atoms with Crippen molar-refractivity contribution in [2.45, 2.75) is 40.2 Å². The zero-order valence-corrected chi connectivity index (χ0v) is 16.9. The van der Waals surface area contributed by atoms with E-state index in [1.54, 1.807) is 14.1 Å². The number of aromatic nitrogens is 4. The van der Waals surface area contributed by atoms with E-state index < -0.39 is 0 Å². The fraction of sp³-hybridized carbons (Fsp3) is 0.526. The van der Waals surface area contributed by atoms with Crippen LogP contribution in [0.4, 0.5) is 11.8 Å². The molecule has 1 saturated heterocycles. The fourth-order valence-corrected chi connectivity index (χ4v) is 3.26. The van der Waals surface area contributed by atoms with Gasteiger partial charge in [-0.05, 0) is 40.2 Å². The minimum atomic E-state index is -0.183. The Bertz CT molecular complexity index is 845. The Morgan fingerprint density at radius 1 is 1.11 bits per heavy atom. The van der Waals surface area contributed by atoms with Crippen LogP contribution < -0.4 is 10.2 Å². The smallest absolute Gasteiger partial charge is 0.291 e. The van der Waals surface area contributed by atoms with Gasteiger partial charge in [0, 0.05) is 55.9 Å². The van der Waals surface area contributed by atoms with E-state index in [1.165, 1.54) is 4.90 Å². The number of carbonyl (C=O) groups excluding carboxylic acids is 1. The number of aryl methyl sites for hydroxylation is 3. The SMILES string of the molecule is Cc1cc(C)nc(N[C@@H]2CCN(c3nc(C(=O)N(C)C)nc(C)c3C)C2)n1. The highest BCUT2D eigenvalue weighted by Crippen LogP contribution is 2.25. The van der Waals surface area contributed by atoms with Crippen LogP contribution in [0.5, 0.6) is 0 Å². The van der Waals surface area contributed by atoms with Gasteiger partial charge in [-0.15, -0.1) is 0 Å². The van der Waals surface area contributed by atoms with Gasteiger partial charge in [0.2, 0.25) is 11.8 Å². The molecule has 0 saturated carbocycles. The van der Waals surface area contributed by atoms with Crippen LogP contribution in [0.15, 0.2) is 6.07 Å². The molecule has 0 aromatic carbocycles. The van der Waals surface area contributed by atoms with Gasteiger partial charge in [-0.25, -0.2) is 19.9 Å². The fourth-order valence-electron chi connectivity index (χ4n) is 3.26. The van der Waals surface area contributed by atoms with E-state index in [4.69, 9.17) is 0 Å². The third kappa shape index (κ3) is 4.15. The molecule has 8 nitrogen and oxygen atoms in total. The number of carbonyl (C=O) groups is 1. The van der Waals surface area contributed by atoms with Crippen LogP contribution in [-0.2, 0) is 0 Å². The molecular weight excluding hydrogens is 342 g/mol. The van der Waals surface area contributed by atoms with Crippen molar-refractivity contribution < 1.29 is 4.79 Å². The lowest BCUT2D eigenvalue weighted by atomic mass is 10.2. The van der Waals surface area contributed by atoms with Gasteiger partial charge in [-0.3, -0.25) is 4.79 Å². The van der Waals surface area contributed by atoms with Crippen molar-refractivity contribution in [1.29, 1.82) is 0 Å². The van der Waals surface area contributed by atoms with Crippen LogP contribution in [0.2, 0.25) is 0 Å². The average Bonchev–Trinajstić information content (AvgIpc) is 3.03. The molecule has 0 aliphatic carbocycles. The lowest BCUT2D eigenvalue weighted by Crippen LogP contribution is -2.30. The second-order valence-electron chi connectivity index (χ2n) is 7.33. The van der Waals surface area contributed by atoms with Gasteiger partial charge < -0.3 is 15.1 Å². The summed E-state index contributed by atoms with van der Waals surface area (Å²) in [7, 11) is 3.42. The topological polar surface area (TPSA) is 87.1 Å². The van der Waals surface area contributed by atoms with Crippen LogP contribution in [0.1, 0.15) is 39.7 Å². The highest BCUT2D eigenvalue weighted by Gasteiger charge is 2.27. The first-order valence-electron chi connectivity index (χ1n) is 9.15. The first-order chi connectivity index (χ1) is 12.7. The molecule has 0 unspecified atom stereocenters. The number of amides is 1. The Labute approximate surface area is 160 Å². The Morgan fingerprint density at radius 2 is 1.78 bits per heavy atom. The molecule has 1 aliphatic heterocycles. The molecule has 0 spiro atoms. The predicted molar refractivity (Wildman–Crippen MR) is 105 cm³/mol. The van der Waals surface area contributed by atoms with Gasteiger partial charge in [0.1, 0.15) is 5.82 Å². The molecule has 8 heteroatoms. The molecule has 1 fully saturated rings. The Kier molecular flexibility index (Phi) is 5.25. The maximum Gasteiger partial charge on any atom is 0.291 e. The number of hydrogen-bond acceptors (Lipinski definition) is 7. The van der Waals surface area contributed by atoms with E-state index in [2.05, 4.69) is 30.2 Å². The van der Waals surface area contributed by atoms with Gasteiger partial charge in [0.15, 0.2) is 0 Å². The summed E-state index contributed by atoms with van der Waals surface area (Å²) in [6.07, 6.45) is 0.954. The third-order valence-electron chi connectivity index (χ3n) is 4.76. The van der Waals surface area contributed by atoms with E-state index in [9.17, 15) is 4.79 Å². The zero-order valence-electron chi connectivity index (χ0n) is 16.9. The maximum atomic E-state index is 12.3. The molecule has 1 aliphatic rings. The van der Waals surface area contributed by atoms with E-state index in [1.807, 2.05) is 33.8 Å². The highest BCUT2D eigenvalue weighted by molar-refractivity contribution is 5.90. The van der Waals surface area contributed by atoms with Crippen molar-refractivity contribution in [3.63, 3.8) is 0 Å². The zero-order chi connectivity index (χ0) is 19.7. The number of rotatable bonds is 4. The monoisotopic (exact) mass is 369 g/mol. The molecule has 3 rings (SSSR count). The van der Waals surface area contributed by atoms with Gasteiger partial charge in [-0.1, -0.05) is 0 Å². The molecule has 1 atom stereocenters. The van der Waals surface area contributed by atoms with E-state index in [0.717, 1.165) is 48.0 Å². The number of nitrogens with one attached hydrogen (secondary N) is 1. The molecule has 0 radical (unpaired) electrons. The summed E-state index contributed by atoms with van der Waals surface area (Å²) < 4.78 is 0. The van der Waals surface area contributed by atoms with Crippen LogP contribution in [-0.4, -0.2) is 64.0 Å².